The Balaban J connectivity index is 1.61. The summed E-state index contributed by atoms with van der Waals surface area (Å²) >= 11 is 5.24. The number of imide groups is 1. The SMILES string of the molecule is COc1cccc(NC(=S)NN2C(=O)N[C@@](C)(CCc3ccccc3)C2=O)c1. The highest BCUT2D eigenvalue weighted by molar-refractivity contribution is 7.80. The summed E-state index contributed by atoms with van der Waals surface area (Å²) in [4.78, 5) is 25.1. The zero-order valence-corrected chi connectivity index (χ0v) is 16.5. The van der Waals surface area contributed by atoms with Crippen LogP contribution in [-0.4, -0.2) is 34.7 Å². The van der Waals surface area contributed by atoms with Crippen LogP contribution < -0.4 is 20.8 Å². The highest BCUT2D eigenvalue weighted by Crippen LogP contribution is 2.22. The quantitative estimate of drug-likeness (QED) is 0.513. The molecule has 1 aliphatic heterocycles. The number of hydrogen-bond acceptors (Lipinski definition) is 4. The van der Waals surface area contributed by atoms with Gasteiger partial charge in [-0.2, -0.15) is 5.01 Å². The number of anilines is 1. The number of aryl methyl sites for hydroxylation is 1. The molecule has 146 valence electrons. The van der Waals surface area contributed by atoms with Crippen LogP contribution >= 0.6 is 12.2 Å². The Morgan fingerprint density at radius 1 is 1.18 bits per heavy atom. The molecule has 0 unspecified atom stereocenters. The predicted octanol–water partition coefficient (Wildman–Crippen LogP) is 2.84. The molecule has 1 aliphatic rings. The lowest BCUT2D eigenvalue weighted by Crippen LogP contribution is -2.50. The Morgan fingerprint density at radius 2 is 1.93 bits per heavy atom. The number of ether oxygens (including phenoxy) is 1. The molecule has 7 nitrogen and oxygen atoms in total. The number of hydrazine groups is 1. The number of amides is 3. The van der Waals surface area contributed by atoms with Crippen molar-refractivity contribution < 1.29 is 14.3 Å². The Labute approximate surface area is 169 Å². The van der Waals surface area contributed by atoms with Crippen molar-refractivity contribution in [2.45, 2.75) is 25.3 Å². The maximum Gasteiger partial charge on any atom is 0.344 e. The van der Waals surface area contributed by atoms with Gasteiger partial charge in [-0.25, -0.2) is 4.79 Å². The Morgan fingerprint density at radius 3 is 2.64 bits per heavy atom. The molecular formula is C20H22N4O3S. The number of carbonyl (C=O) groups excluding carboxylic acids is 2. The normalized spacial score (nSPS) is 18.6. The maximum absolute atomic E-state index is 12.8. The van der Waals surface area contributed by atoms with Crippen LogP contribution in [0.5, 0.6) is 5.75 Å². The van der Waals surface area contributed by atoms with Crippen LogP contribution in [0.1, 0.15) is 18.9 Å². The summed E-state index contributed by atoms with van der Waals surface area (Å²) in [6.07, 6.45) is 1.15. The van der Waals surface area contributed by atoms with Crippen LogP contribution in [0.3, 0.4) is 0 Å². The molecule has 2 aromatic rings. The van der Waals surface area contributed by atoms with E-state index in [0.717, 1.165) is 10.6 Å². The first-order chi connectivity index (χ1) is 13.4. The van der Waals surface area contributed by atoms with Gasteiger partial charge in [0.25, 0.3) is 5.91 Å². The molecule has 0 bridgehead atoms. The molecule has 3 rings (SSSR count). The number of rotatable bonds is 6. The lowest BCUT2D eigenvalue weighted by atomic mass is 9.93. The van der Waals surface area contributed by atoms with E-state index in [4.69, 9.17) is 17.0 Å². The van der Waals surface area contributed by atoms with Crippen LogP contribution in [0.2, 0.25) is 0 Å². The molecule has 0 radical (unpaired) electrons. The van der Waals surface area contributed by atoms with E-state index in [-0.39, 0.29) is 11.0 Å². The number of benzene rings is 2. The van der Waals surface area contributed by atoms with Crippen molar-refractivity contribution in [3.05, 3.63) is 60.2 Å². The summed E-state index contributed by atoms with van der Waals surface area (Å²) < 4.78 is 5.16. The number of nitrogens with one attached hydrogen (secondary N) is 3. The second kappa shape index (κ2) is 8.26. The van der Waals surface area contributed by atoms with Crippen molar-refractivity contribution >= 4 is 35.0 Å². The van der Waals surface area contributed by atoms with Crippen molar-refractivity contribution in [3.63, 3.8) is 0 Å². The summed E-state index contributed by atoms with van der Waals surface area (Å²) in [7, 11) is 1.57. The van der Waals surface area contributed by atoms with Gasteiger partial charge >= 0.3 is 6.03 Å². The van der Waals surface area contributed by atoms with Crippen molar-refractivity contribution in [1.29, 1.82) is 0 Å². The largest absolute Gasteiger partial charge is 0.497 e. The van der Waals surface area contributed by atoms with Gasteiger partial charge in [0, 0.05) is 11.8 Å². The fourth-order valence-electron chi connectivity index (χ4n) is 2.96. The molecule has 1 heterocycles. The predicted molar refractivity (Wildman–Crippen MR) is 111 cm³/mol. The van der Waals surface area contributed by atoms with Crippen LogP contribution in [0.15, 0.2) is 54.6 Å². The Bertz CT molecular complexity index is 890. The highest BCUT2D eigenvalue weighted by Gasteiger charge is 2.48. The molecule has 8 heteroatoms. The van der Waals surface area contributed by atoms with Gasteiger partial charge in [0.05, 0.1) is 7.11 Å². The van der Waals surface area contributed by atoms with Crippen LogP contribution in [-0.2, 0) is 11.2 Å². The number of thiocarbonyl (C=S) groups is 1. The summed E-state index contributed by atoms with van der Waals surface area (Å²) in [5.41, 5.74) is 3.46. The molecule has 3 N–H and O–H groups in total. The van der Waals surface area contributed by atoms with Gasteiger partial charge in [0.15, 0.2) is 5.11 Å². The number of nitrogens with zero attached hydrogens (tertiary/aromatic N) is 1. The minimum Gasteiger partial charge on any atom is -0.497 e. The molecule has 1 fully saturated rings. The molecular weight excluding hydrogens is 376 g/mol. The first kappa shape index (κ1) is 19.6. The molecule has 1 saturated heterocycles. The summed E-state index contributed by atoms with van der Waals surface area (Å²) in [5, 5.41) is 6.74. The molecule has 2 aromatic carbocycles. The van der Waals surface area contributed by atoms with Crippen molar-refractivity contribution in [1.82, 2.24) is 15.8 Å². The fourth-order valence-corrected chi connectivity index (χ4v) is 3.16. The van der Waals surface area contributed by atoms with E-state index in [1.807, 2.05) is 30.3 Å². The molecule has 3 amide bonds. The molecule has 0 saturated carbocycles. The second-order valence-electron chi connectivity index (χ2n) is 6.69. The molecule has 28 heavy (non-hydrogen) atoms. The summed E-state index contributed by atoms with van der Waals surface area (Å²) in [6, 6.07) is 16.4. The topological polar surface area (TPSA) is 82.7 Å². The van der Waals surface area contributed by atoms with Gasteiger partial charge < -0.3 is 15.4 Å². The summed E-state index contributed by atoms with van der Waals surface area (Å²) in [5.74, 6) is 0.291. The van der Waals surface area contributed by atoms with Crippen LogP contribution in [0, 0.1) is 0 Å². The van der Waals surface area contributed by atoms with E-state index < -0.39 is 11.6 Å². The number of methoxy groups -OCH3 is 1. The van der Waals surface area contributed by atoms with Crippen LogP contribution in [0.25, 0.3) is 0 Å². The van der Waals surface area contributed by atoms with E-state index in [1.165, 1.54) is 0 Å². The van der Waals surface area contributed by atoms with Crippen molar-refractivity contribution in [2.75, 3.05) is 12.4 Å². The fraction of sp³-hybridized carbons (Fsp3) is 0.250. The molecule has 1 atom stereocenters. The molecule has 0 spiro atoms. The smallest absolute Gasteiger partial charge is 0.344 e. The van der Waals surface area contributed by atoms with E-state index >= 15 is 0 Å². The van der Waals surface area contributed by atoms with E-state index in [2.05, 4.69) is 16.1 Å². The monoisotopic (exact) mass is 398 g/mol. The summed E-state index contributed by atoms with van der Waals surface area (Å²) in [6.45, 7) is 1.72. The third kappa shape index (κ3) is 4.40. The van der Waals surface area contributed by atoms with Gasteiger partial charge in [-0.1, -0.05) is 36.4 Å². The van der Waals surface area contributed by atoms with E-state index in [9.17, 15) is 9.59 Å². The van der Waals surface area contributed by atoms with Crippen molar-refractivity contribution in [2.24, 2.45) is 0 Å². The Kier molecular flexibility index (Phi) is 5.79. The van der Waals surface area contributed by atoms with E-state index in [1.54, 1.807) is 38.3 Å². The van der Waals surface area contributed by atoms with Gasteiger partial charge in [0.1, 0.15) is 11.3 Å². The van der Waals surface area contributed by atoms with Gasteiger partial charge in [-0.3, -0.25) is 10.2 Å². The first-order valence-electron chi connectivity index (χ1n) is 8.83. The average Bonchev–Trinajstić information content (AvgIpc) is 2.91. The maximum atomic E-state index is 12.8. The van der Waals surface area contributed by atoms with Gasteiger partial charge in [-0.05, 0) is 49.7 Å². The standard InChI is InChI=1S/C20H22N4O3S/c1-20(12-11-14-7-4-3-5-8-14)17(25)24(19(26)22-20)23-18(28)21-15-9-6-10-16(13-15)27-2/h3-10,13H,11-12H2,1-2H3,(H,22,26)(H2,21,23,28)/t20-/m0/s1. The number of carbonyl (C=O) groups is 2. The lowest BCUT2D eigenvalue weighted by molar-refractivity contribution is -0.132. The average molecular weight is 398 g/mol. The van der Waals surface area contributed by atoms with E-state index in [0.29, 0.717) is 24.3 Å². The third-order valence-corrected chi connectivity index (χ3v) is 4.75. The van der Waals surface area contributed by atoms with Crippen molar-refractivity contribution in [3.8, 4) is 5.75 Å². The number of hydrogen-bond donors (Lipinski definition) is 3. The minimum atomic E-state index is -0.995. The minimum absolute atomic E-state index is 0.129. The third-order valence-electron chi connectivity index (χ3n) is 4.56. The second-order valence-corrected chi connectivity index (χ2v) is 7.09. The zero-order valence-electron chi connectivity index (χ0n) is 15.7. The zero-order chi connectivity index (χ0) is 20.1. The van der Waals surface area contributed by atoms with Gasteiger partial charge in [0.2, 0.25) is 0 Å². The Hall–Kier alpha value is -3.13. The van der Waals surface area contributed by atoms with Gasteiger partial charge in [-0.15, -0.1) is 0 Å². The lowest BCUT2D eigenvalue weighted by Gasteiger charge is -2.22. The number of urea groups is 1. The molecule has 0 aliphatic carbocycles. The first-order valence-corrected chi connectivity index (χ1v) is 9.24. The molecule has 0 aromatic heterocycles. The van der Waals surface area contributed by atoms with Crippen LogP contribution in [0.4, 0.5) is 10.5 Å². The highest BCUT2D eigenvalue weighted by atomic mass is 32.1.